The van der Waals surface area contributed by atoms with Crippen LogP contribution in [0.15, 0.2) is 0 Å². The van der Waals surface area contributed by atoms with Crippen molar-refractivity contribution < 1.29 is 31.4 Å². The van der Waals surface area contributed by atoms with Gasteiger partial charge in [0, 0.05) is 0 Å². The zero-order valence-corrected chi connectivity index (χ0v) is 6.10. The first kappa shape index (κ1) is 7.16. The molecule has 0 spiro atoms. The van der Waals surface area contributed by atoms with E-state index in [2.05, 4.69) is 3.53 Å². The van der Waals surface area contributed by atoms with Crippen LogP contribution >= 0.6 is 0 Å². The molecule has 0 aromatic rings. The van der Waals surface area contributed by atoms with Gasteiger partial charge in [0.25, 0.3) is 0 Å². The van der Waals surface area contributed by atoms with Crippen molar-refractivity contribution in [2.24, 2.45) is 0 Å². The van der Waals surface area contributed by atoms with E-state index in [4.69, 9.17) is 5.11 Å². The molecule has 3 nitrogen and oxygen atoms in total. The zero-order valence-electron chi connectivity index (χ0n) is 3.94. The number of alkyl halides is 1. The van der Waals surface area contributed by atoms with Gasteiger partial charge in [-0.2, -0.15) is 0 Å². The second kappa shape index (κ2) is 4.32. The van der Waals surface area contributed by atoms with Crippen molar-refractivity contribution >= 4 is 5.91 Å². The van der Waals surface area contributed by atoms with Crippen molar-refractivity contribution in [2.75, 3.05) is 11.5 Å². The van der Waals surface area contributed by atoms with E-state index < -0.39 is 0 Å². The maximum absolute atomic E-state index is 10.1. The number of hydrogen-bond acceptors (Lipinski definition) is 2. The normalized spacial score (nSPS) is 8.86. The maximum atomic E-state index is 10.1. The Hall–Kier alpha value is 0.160. The average molecular weight is 216 g/mol. The van der Waals surface area contributed by atoms with E-state index in [0.29, 0.717) is 0 Å². The van der Waals surface area contributed by atoms with Crippen LogP contribution in [0.4, 0.5) is 0 Å². The van der Waals surface area contributed by atoms with Crippen LogP contribution in [0.5, 0.6) is 0 Å². The topological polar surface area (TPSA) is 49.3 Å². The van der Waals surface area contributed by atoms with E-state index in [0.717, 1.165) is 0 Å². The Balaban J connectivity index is 3.00. The molecule has 0 radical (unpaired) electrons. The van der Waals surface area contributed by atoms with Crippen molar-refractivity contribution in [1.82, 2.24) is 3.53 Å². The molecule has 7 heavy (non-hydrogen) atoms. The van der Waals surface area contributed by atoms with Gasteiger partial charge in [-0.3, -0.25) is 0 Å². The number of nitrogens with one attached hydrogen (secondary N) is 1. The zero-order chi connectivity index (χ0) is 5.70. The van der Waals surface area contributed by atoms with Crippen LogP contribution in [0.1, 0.15) is 0 Å². The summed E-state index contributed by atoms with van der Waals surface area (Å²) in [7, 11) is 0. The first-order chi connectivity index (χ1) is 3.31. The molecule has 2 N–H and O–H groups in total. The fourth-order valence-corrected chi connectivity index (χ4v) is 0.907. The van der Waals surface area contributed by atoms with E-state index in [1.165, 1.54) is 0 Å². The molecule has 0 aliphatic carbocycles. The number of aliphatic hydroxyl groups excluding tert-OH is 1. The predicted octanol–water partition coefficient (Wildman–Crippen LogP) is -4.27. The molecule has 0 bridgehead atoms. The van der Waals surface area contributed by atoms with Crippen molar-refractivity contribution in [3.05, 3.63) is 0 Å². The number of halogens is 1. The quantitative estimate of drug-likeness (QED) is 0.279. The molecular formula is C3H7INO2-. The Morgan fingerprint density at radius 2 is 2.57 bits per heavy atom. The average Bonchev–Trinajstić information content (AvgIpc) is 1.68. The molecule has 0 fully saturated rings. The number of carbonyl (C=O) groups excluding carboxylic acids is 1. The van der Waals surface area contributed by atoms with Crippen LogP contribution in [-0.4, -0.2) is 22.6 Å². The van der Waals surface area contributed by atoms with Gasteiger partial charge in [-0.15, -0.1) is 0 Å². The third-order valence-corrected chi connectivity index (χ3v) is 1.48. The summed E-state index contributed by atoms with van der Waals surface area (Å²) in [6, 6.07) is 0. The second-order valence-electron chi connectivity index (χ2n) is 0.865. The molecule has 0 aliphatic rings. The molecule has 0 saturated heterocycles. The fraction of sp³-hybridized carbons (Fsp3) is 0.667. The van der Waals surface area contributed by atoms with E-state index in [1.54, 1.807) is 0 Å². The summed E-state index contributed by atoms with van der Waals surface area (Å²) in [5.74, 6) is -0.268. The van der Waals surface area contributed by atoms with Crippen molar-refractivity contribution in [1.29, 1.82) is 0 Å². The van der Waals surface area contributed by atoms with Gasteiger partial charge in [-0.25, -0.2) is 0 Å². The predicted molar refractivity (Wildman–Crippen MR) is 21.2 cm³/mol. The van der Waals surface area contributed by atoms with Crippen LogP contribution in [0, 0.1) is 0 Å². The summed E-state index contributed by atoms with van der Waals surface area (Å²) in [5.41, 5.74) is 0. The van der Waals surface area contributed by atoms with E-state index in [1.807, 2.05) is 4.93 Å². The number of aliphatic hydroxyl groups is 1. The van der Waals surface area contributed by atoms with Crippen LogP contribution in [-0.2, 0) is 4.79 Å². The summed E-state index contributed by atoms with van der Waals surface area (Å²) >= 11 is -0.199. The molecule has 0 aliphatic heterocycles. The SMILES string of the molecule is C[I-]NC(=O)CO. The van der Waals surface area contributed by atoms with Gasteiger partial charge in [0.2, 0.25) is 0 Å². The van der Waals surface area contributed by atoms with Crippen LogP contribution in [0.25, 0.3) is 0 Å². The summed E-state index contributed by atoms with van der Waals surface area (Å²) in [4.78, 5) is 12.0. The van der Waals surface area contributed by atoms with E-state index in [-0.39, 0.29) is 34.0 Å². The Labute approximate surface area is 52.7 Å². The molecule has 44 valence electrons. The first-order valence-electron chi connectivity index (χ1n) is 1.69. The molecule has 4 heteroatoms. The van der Waals surface area contributed by atoms with Gasteiger partial charge in [0.05, 0.1) is 0 Å². The fourth-order valence-electron chi connectivity index (χ4n) is 0.135. The molecule has 0 unspecified atom stereocenters. The number of carbonyl (C=O) groups is 1. The molecular weight excluding hydrogens is 209 g/mol. The Bertz CT molecular complexity index is 66.0. The minimum absolute atomic E-state index is 0.199. The minimum atomic E-state index is -0.381. The van der Waals surface area contributed by atoms with Crippen molar-refractivity contribution in [2.45, 2.75) is 0 Å². The molecule has 0 saturated carbocycles. The Morgan fingerprint density at radius 1 is 2.00 bits per heavy atom. The van der Waals surface area contributed by atoms with Crippen molar-refractivity contribution in [3.8, 4) is 0 Å². The van der Waals surface area contributed by atoms with Crippen molar-refractivity contribution in [3.63, 3.8) is 0 Å². The number of hydrogen-bond donors (Lipinski definition) is 2. The summed E-state index contributed by atoms with van der Waals surface area (Å²) in [6.45, 7) is -0.381. The third kappa shape index (κ3) is 4.00. The van der Waals surface area contributed by atoms with Gasteiger partial charge in [0.15, 0.2) is 0 Å². The van der Waals surface area contributed by atoms with Gasteiger partial charge >= 0.3 is 52.4 Å². The molecule has 1 amide bonds. The molecule has 0 rings (SSSR count). The third-order valence-electron chi connectivity index (χ3n) is 0.343. The summed E-state index contributed by atoms with van der Waals surface area (Å²) < 4.78 is 2.52. The summed E-state index contributed by atoms with van der Waals surface area (Å²) in [6.07, 6.45) is 0. The Morgan fingerprint density at radius 3 is 2.71 bits per heavy atom. The standard InChI is InChI=1S/C3H7INO2/c1-4-5-3(7)2-6/h6H,2H2,1H3,(H,5,7)/q-1. The van der Waals surface area contributed by atoms with Crippen LogP contribution in [0.3, 0.4) is 0 Å². The first-order valence-corrected chi connectivity index (χ1v) is 4.93. The van der Waals surface area contributed by atoms with Crippen LogP contribution in [0.2, 0.25) is 0 Å². The van der Waals surface area contributed by atoms with Crippen LogP contribution < -0.4 is 25.0 Å². The molecule has 0 aromatic heterocycles. The van der Waals surface area contributed by atoms with Gasteiger partial charge in [-0.1, -0.05) is 0 Å². The summed E-state index contributed by atoms with van der Waals surface area (Å²) in [5, 5.41) is 8.07. The monoisotopic (exact) mass is 216 g/mol. The molecule has 0 atom stereocenters. The van der Waals surface area contributed by atoms with E-state index >= 15 is 0 Å². The Kier molecular flexibility index (Phi) is 4.42. The van der Waals surface area contributed by atoms with E-state index in [9.17, 15) is 4.79 Å². The second-order valence-corrected chi connectivity index (χ2v) is 2.48. The van der Waals surface area contributed by atoms with Gasteiger partial charge < -0.3 is 0 Å². The molecule has 0 aromatic carbocycles. The molecule has 0 heterocycles. The number of amides is 1. The van der Waals surface area contributed by atoms with Gasteiger partial charge in [0.1, 0.15) is 0 Å². The van der Waals surface area contributed by atoms with Gasteiger partial charge in [-0.05, 0) is 0 Å². The number of rotatable bonds is 2.